The monoisotopic (exact) mass is 319 g/mol. The standard InChI is InChI=1S/C17H21NO3S/c19-16(20)9-8-13-6-3-4-10-18(13)17(21)15-11-12-5-1-2-7-14(12)22-15/h1-2,5,7,13,15H,3-4,6,8-11H2,(H,19,20). The van der Waals surface area contributed by atoms with Crippen molar-refractivity contribution in [3.63, 3.8) is 0 Å². The van der Waals surface area contributed by atoms with Crippen LogP contribution in [0.25, 0.3) is 0 Å². The van der Waals surface area contributed by atoms with Gasteiger partial charge in [-0.15, -0.1) is 11.8 Å². The Balaban J connectivity index is 1.66. The lowest BCUT2D eigenvalue weighted by Gasteiger charge is -2.37. The van der Waals surface area contributed by atoms with Crippen LogP contribution in [0.3, 0.4) is 0 Å². The number of aliphatic carboxylic acids is 1. The number of carboxylic acids is 1. The Kier molecular flexibility index (Phi) is 4.71. The van der Waals surface area contributed by atoms with Crippen LogP contribution in [-0.4, -0.2) is 39.7 Å². The van der Waals surface area contributed by atoms with E-state index in [1.807, 2.05) is 17.0 Å². The number of carboxylic acid groups (broad SMARTS) is 1. The van der Waals surface area contributed by atoms with Crippen LogP contribution in [0.15, 0.2) is 29.2 Å². The summed E-state index contributed by atoms with van der Waals surface area (Å²) in [6.45, 7) is 0.774. The van der Waals surface area contributed by atoms with Crippen molar-refractivity contribution in [2.45, 2.75) is 54.7 Å². The number of amides is 1. The van der Waals surface area contributed by atoms with Crippen LogP contribution >= 0.6 is 11.8 Å². The molecule has 118 valence electrons. The molecule has 1 aromatic carbocycles. The van der Waals surface area contributed by atoms with E-state index in [1.54, 1.807) is 11.8 Å². The fraction of sp³-hybridized carbons (Fsp3) is 0.529. The Labute approximate surface area is 134 Å². The number of hydrogen-bond donors (Lipinski definition) is 1. The van der Waals surface area contributed by atoms with Gasteiger partial charge in [0.25, 0.3) is 0 Å². The van der Waals surface area contributed by atoms with Crippen LogP contribution in [0.5, 0.6) is 0 Å². The summed E-state index contributed by atoms with van der Waals surface area (Å²) in [7, 11) is 0. The molecule has 0 aromatic heterocycles. The van der Waals surface area contributed by atoms with Crippen LogP contribution < -0.4 is 0 Å². The van der Waals surface area contributed by atoms with Crippen molar-refractivity contribution in [2.24, 2.45) is 0 Å². The molecule has 1 fully saturated rings. The highest BCUT2D eigenvalue weighted by atomic mass is 32.2. The fourth-order valence-electron chi connectivity index (χ4n) is 3.39. The molecule has 0 bridgehead atoms. The summed E-state index contributed by atoms with van der Waals surface area (Å²) in [6.07, 6.45) is 4.56. The Bertz CT molecular complexity index is 550. The molecule has 1 amide bonds. The van der Waals surface area contributed by atoms with Crippen LogP contribution in [0.4, 0.5) is 0 Å². The SMILES string of the molecule is O=C(O)CCC1CCCCN1C(=O)C1Cc2ccccc2S1. The summed E-state index contributed by atoms with van der Waals surface area (Å²) >= 11 is 1.66. The second-order valence-corrected chi connectivity index (χ2v) is 7.28. The molecule has 3 rings (SSSR count). The molecule has 2 heterocycles. The van der Waals surface area contributed by atoms with E-state index in [1.165, 1.54) is 10.5 Å². The van der Waals surface area contributed by atoms with Crippen LogP contribution in [0, 0.1) is 0 Å². The van der Waals surface area contributed by atoms with E-state index < -0.39 is 5.97 Å². The Morgan fingerprint density at radius 3 is 2.86 bits per heavy atom. The quantitative estimate of drug-likeness (QED) is 0.927. The average molecular weight is 319 g/mol. The maximum absolute atomic E-state index is 12.9. The number of thioether (sulfide) groups is 1. The predicted octanol–water partition coefficient (Wildman–Crippen LogP) is 2.95. The molecule has 0 saturated carbocycles. The zero-order chi connectivity index (χ0) is 15.5. The number of benzene rings is 1. The zero-order valence-corrected chi connectivity index (χ0v) is 13.3. The van der Waals surface area contributed by atoms with Crippen molar-refractivity contribution < 1.29 is 14.7 Å². The number of nitrogens with zero attached hydrogens (tertiary/aromatic N) is 1. The molecule has 1 saturated heterocycles. The van der Waals surface area contributed by atoms with E-state index in [0.717, 1.165) is 32.2 Å². The van der Waals surface area contributed by atoms with Crippen molar-refractivity contribution in [1.29, 1.82) is 0 Å². The van der Waals surface area contributed by atoms with Gasteiger partial charge in [0.05, 0.1) is 5.25 Å². The van der Waals surface area contributed by atoms with E-state index in [0.29, 0.717) is 6.42 Å². The summed E-state index contributed by atoms with van der Waals surface area (Å²) in [5, 5.41) is 8.85. The molecule has 0 spiro atoms. The largest absolute Gasteiger partial charge is 0.481 e. The topological polar surface area (TPSA) is 57.6 Å². The fourth-order valence-corrected chi connectivity index (χ4v) is 4.65. The third kappa shape index (κ3) is 3.29. The van der Waals surface area contributed by atoms with Crippen molar-refractivity contribution >= 4 is 23.6 Å². The molecule has 2 aliphatic rings. The van der Waals surface area contributed by atoms with Gasteiger partial charge in [0.2, 0.25) is 5.91 Å². The minimum atomic E-state index is -0.777. The predicted molar refractivity (Wildman–Crippen MR) is 86.0 cm³/mol. The first-order valence-electron chi connectivity index (χ1n) is 7.92. The van der Waals surface area contributed by atoms with Gasteiger partial charge in [-0.3, -0.25) is 9.59 Å². The lowest BCUT2D eigenvalue weighted by Crippen LogP contribution is -2.47. The van der Waals surface area contributed by atoms with E-state index in [2.05, 4.69) is 12.1 Å². The molecule has 2 atom stereocenters. The lowest BCUT2D eigenvalue weighted by molar-refractivity contribution is -0.139. The summed E-state index contributed by atoms with van der Waals surface area (Å²) in [5.74, 6) is -0.586. The molecule has 0 radical (unpaired) electrons. The smallest absolute Gasteiger partial charge is 0.303 e. The lowest BCUT2D eigenvalue weighted by atomic mass is 9.97. The minimum Gasteiger partial charge on any atom is -0.481 e. The molecule has 1 aromatic rings. The highest BCUT2D eigenvalue weighted by Gasteiger charge is 2.35. The van der Waals surface area contributed by atoms with E-state index in [4.69, 9.17) is 5.11 Å². The normalized spacial score (nSPS) is 24.1. The van der Waals surface area contributed by atoms with Gasteiger partial charge in [0, 0.05) is 23.9 Å². The van der Waals surface area contributed by atoms with Crippen LogP contribution in [0.1, 0.15) is 37.7 Å². The summed E-state index contributed by atoms with van der Waals surface area (Å²) in [5.41, 5.74) is 1.25. The highest BCUT2D eigenvalue weighted by molar-refractivity contribution is 8.01. The van der Waals surface area contributed by atoms with Gasteiger partial charge < -0.3 is 10.0 Å². The molecule has 0 aliphatic carbocycles. The molecule has 2 aliphatic heterocycles. The number of hydrogen-bond acceptors (Lipinski definition) is 3. The Morgan fingerprint density at radius 1 is 1.27 bits per heavy atom. The highest BCUT2D eigenvalue weighted by Crippen LogP contribution is 2.38. The second-order valence-electron chi connectivity index (χ2n) is 6.03. The molecule has 1 N–H and O–H groups in total. The van der Waals surface area contributed by atoms with Gasteiger partial charge in [0.1, 0.15) is 0 Å². The van der Waals surface area contributed by atoms with Gasteiger partial charge >= 0.3 is 5.97 Å². The molecular weight excluding hydrogens is 298 g/mol. The summed E-state index contributed by atoms with van der Waals surface area (Å²) in [6, 6.07) is 8.29. The number of carbonyl (C=O) groups excluding carboxylic acids is 1. The first-order chi connectivity index (χ1) is 10.6. The summed E-state index contributed by atoms with van der Waals surface area (Å²) < 4.78 is 0. The van der Waals surface area contributed by atoms with Crippen molar-refractivity contribution in [3.8, 4) is 0 Å². The van der Waals surface area contributed by atoms with Gasteiger partial charge in [-0.2, -0.15) is 0 Å². The second kappa shape index (κ2) is 6.73. The van der Waals surface area contributed by atoms with Crippen molar-refractivity contribution in [2.75, 3.05) is 6.54 Å². The molecular formula is C17H21NO3S. The van der Waals surface area contributed by atoms with Gasteiger partial charge in [0.15, 0.2) is 0 Å². The number of rotatable bonds is 4. The first-order valence-corrected chi connectivity index (χ1v) is 8.80. The molecule has 5 heteroatoms. The van der Waals surface area contributed by atoms with Crippen LogP contribution in [0.2, 0.25) is 0 Å². The Morgan fingerprint density at radius 2 is 2.09 bits per heavy atom. The maximum atomic E-state index is 12.9. The zero-order valence-electron chi connectivity index (χ0n) is 12.5. The number of likely N-dealkylation sites (tertiary alicyclic amines) is 1. The van der Waals surface area contributed by atoms with Crippen molar-refractivity contribution in [1.82, 2.24) is 4.90 Å². The first kappa shape index (κ1) is 15.4. The molecule has 22 heavy (non-hydrogen) atoms. The minimum absolute atomic E-state index is 0.0390. The maximum Gasteiger partial charge on any atom is 0.303 e. The van der Waals surface area contributed by atoms with E-state index in [-0.39, 0.29) is 23.6 Å². The number of carbonyl (C=O) groups is 2. The Hall–Kier alpha value is -1.49. The third-order valence-corrected chi connectivity index (χ3v) is 5.83. The van der Waals surface area contributed by atoms with Gasteiger partial charge in [-0.25, -0.2) is 0 Å². The van der Waals surface area contributed by atoms with E-state index >= 15 is 0 Å². The third-order valence-electron chi connectivity index (χ3n) is 4.52. The van der Waals surface area contributed by atoms with Crippen molar-refractivity contribution in [3.05, 3.63) is 29.8 Å². The molecule has 2 unspecified atom stereocenters. The van der Waals surface area contributed by atoms with Gasteiger partial charge in [-0.05, 0) is 43.7 Å². The van der Waals surface area contributed by atoms with Crippen LogP contribution in [-0.2, 0) is 16.0 Å². The van der Waals surface area contributed by atoms with Gasteiger partial charge in [-0.1, -0.05) is 18.2 Å². The average Bonchev–Trinajstić information content (AvgIpc) is 2.96. The number of piperidine rings is 1. The van der Waals surface area contributed by atoms with E-state index in [9.17, 15) is 9.59 Å². The summed E-state index contributed by atoms with van der Waals surface area (Å²) in [4.78, 5) is 26.9. The number of fused-ring (bicyclic) bond motifs is 1. The molecule has 4 nitrogen and oxygen atoms in total.